The Morgan fingerprint density at radius 1 is 0.519 bits per heavy atom. The Kier molecular flexibility index (Phi) is 36.8. The highest BCUT2D eigenvalue weighted by Crippen LogP contribution is 2.14. The second-order valence-electron chi connectivity index (χ2n) is 12.8. The number of carbonyl (C=O) groups excluding carboxylic acids is 2. The minimum absolute atomic E-state index is 0.153. The third kappa shape index (κ3) is 38.9. The molecule has 0 rings (SSSR count). The lowest BCUT2D eigenvalue weighted by Crippen LogP contribution is -2.28. The molecule has 0 aromatic carbocycles. The van der Waals surface area contributed by atoms with Gasteiger partial charge in [-0.25, -0.2) is 0 Å². The molecule has 52 heavy (non-hydrogen) atoms. The van der Waals surface area contributed by atoms with Crippen LogP contribution in [-0.2, 0) is 19.1 Å². The number of esters is 1. The van der Waals surface area contributed by atoms with Gasteiger partial charge in [0.15, 0.2) is 0 Å². The van der Waals surface area contributed by atoms with E-state index in [0.717, 1.165) is 96.3 Å². The Bertz CT molecular complexity index is 1150. The molecule has 0 aromatic heterocycles. The molecule has 1 atom stereocenters. The van der Waals surface area contributed by atoms with Crippen LogP contribution in [-0.4, -0.2) is 35.6 Å². The van der Waals surface area contributed by atoms with Gasteiger partial charge in [-0.2, -0.15) is 0 Å². The average molecular weight is 718 g/mol. The zero-order chi connectivity index (χ0) is 38.0. The number of carbonyl (C=O) groups is 3. The summed E-state index contributed by atoms with van der Waals surface area (Å²) in [5.74, 6) is -1.45. The van der Waals surface area contributed by atoms with Crippen molar-refractivity contribution in [1.29, 1.82) is 0 Å². The molecular formula is C46H71NO5. The second-order valence-corrected chi connectivity index (χ2v) is 12.8. The fourth-order valence-electron chi connectivity index (χ4n) is 5.04. The number of ether oxygens (including phenoxy) is 1. The zero-order valence-electron chi connectivity index (χ0n) is 32.6. The molecule has 6 nitrogen and oxygen atoms in total. The molecule has 0 spiro atoms. The van der Waals surface area contributed by atoms with E-state index in [0.29, 0.717) is 25.7 Å². The van der Waals surface area contributed by atoms with Crippen molar-refractivity contribution in [3.8, 4) is 0 Å². The quantitative estimate of drug-likeness (QED) is 0.0393. The molecule has 0 bridgehead atoms. The largest absolute Gasteiger partial charge is 0.480 e. The maximum Gasteiger partial charge on any atom is 0.322 e. The molecule has 0 saturated carbocycles. The summed E-state index contributed by atoms with van der Waals surface area (Å²) < 4.78 is 5.84. The minimum atomic E-state index is -1.05. The highest BCUT2D eigenvalue weighted by molar-refractivity contribution is 5.80. The molecule has 0 aromatic rings. The molecule has 1 unspecified atom stereocenters. The Morgan fingerprint density at radius 3 is 1.46 bits per heavy atom. The lowest BCUT2D eigenvalue weighted by atomic mass is 10.1. The first-order valence-electron chi connectivity index (χ1n) is 20.0. The Labute approximate surface area is 317 Å². The molecule has 290 valence electrons. The standard InChI is InChI=1S/C46H71NO5/c1-3-5-7-9-11-13-15-16-17-18-19-20-21-22-23-24-26-28-30-32-37-41-46(51)52-43(39-35-33-36-40-44(48)47-42-45(49)50)38-34-31-29-27-25-14-12-10-8-6-4-2/h5-8,11-14,16-17,19-20,22-23,27,29,34,38,43H,3-4,9-10,15,18,21,24-26,28,30-33,35-37,39-42H2,1-2H3,(H,47,48)(H,49,50)/b7-5-,8-6-,13-11-,14-12-,17-16-,20-19-,23-22-,29-27-,38-34-. The van der Waals surface area contributed by atoms with Gasteiger partial charge in [0.1, 0.15) is 12.6 Å². The second kappa shape index (κ2) is 39.8. The van der Waals surface area contributed by atoms with Gasteiger partial charge in [-0.05, 0) is 102 Å². The summed E-state index contributed by atoms with van der Waals surface area (Å²) in [7, 11) is 0. The number of amides is 1. The number of hydrogen-bond donors (Lipinski definition) is 2. The number of unbranched alkanes of at least 4 members (excludes halogenated alkanes) is 7. The van der Waals surface area contributed by atoms with Crippen LogP contribution < -0.4 is 5.32 Å². The SMILES string of the molecule is CC/C=C\C/C=C\C/C=C\C/C=C\C/C=C\CCCCCCCC(=O)OC(/C=C\C/C=C\C/C=C\C/C=C\CC)CCCCCC(=O)NCC(=O)O. The van der Waals surface area contributed by atoms with Gasteiger partial charge >= 0.3 is 11.9 Å². The fourth-order valence-corrected chi connectivity index (χ4v) is 5.04. The first kappa shape index (κ1) is 48.1. The van der Waals surface area contributed by atoms with E-state index in [2.05, 4.69) is 122 Å². The van der Waals surface area contributed by atoms with Crippen LogP contribution in [0.25, 0.3) is 0 Å². The third-order valence-corrected chi connectivity index (χ3v) is 7.92. The molecule has 0 fully saturated rings. The van der Waals surface area contributed by atoms with E-state index in [-0.39, 0.29) is 24.5 Å². The predicted molar refractivity (Wildman–Crippen MR) is 221 cm³/mol. The van der Waals surface area contributed by atoms with Gasteiger partial charge in [-0.15, -0.1) is 0 Å². The topological polar surface area (TPSA) is 92.7 Å². The molecule has 1 amide bonds. The Morgan fingerprint density at radius 2 is 0.942 bits per heavy atom. The van der Waals surface area contributed by atoms with Crippen molar-refractivity contribution in [2.75, 3.05) is 6.54 Å². The monoisotopic (exact) mass is 718 g/mol. The van der Waals surface area contributed by atoms with Gasteiger partial charge in [0.05, 0.1) is 0 Å². The number of allylic oxidation sites excluding steroid dienone is 17. The maximum atomic E-state index is 12.7. The molecule has 0 radical (unpaired) electrons. The average Bonchev–Trinajstić information content (AvgIpc) is 3.13. The van der Waals surface area contributed by atoms with Crippen molar-refractivity contribution in [1.82, 2.24) is 5.32 Å². The van der Waals surface area contributed by atoms with Crippen molar-refractivity contribution >= 4 is 17.8 Å². The van der Waals surface area contributed by atoms with E-state index >= 15 is 0 Å². The number of rotatable bonds is 34. The molecule has 0 heterocycles. The number of carboxylic acid groups (broad SMARTS) is 1. The highest BCUT2D eigenvalue weighted by atomic mass is 16.5. The molecular weight excluding hydrogens is 647 g/mol. The lowest BCUT2D eigenvalue weighted by Gasteiger charge is -2.14. The summed E-state index contributed by atoms with van der Waals surface area (Å²) in [5, 5.41) is 11.1. The van der Waals surface area contributed by atoms with Gasteiger partial charge in [-0.3, -0.25) is 14.4 Å². The molecule has 0 aliphatic heterocycles. The first-order chi connectivity index (χ1) is 25.5. The molecule has 2 N–H and O–H groups in total. The van der Waals surface area contributed by atoms with E-state index in [1.165, 1.54) is 12.8 Å². The van der Waals surface area contributed by atoms with Crippen molar-refractivity contribution in [3.63, 3.8) is 0 Å². The van der Waals surface area contributed by atoms with Crippen molar-refractivity contribution in [3.05, 3.63) is 109 Å². The Hall–Kier alpha value is -3.93. The molecule has 6 heteroatoms. The summed E-state index contributed by atoms with van der Waals surface area (Å²) in [6, 6.07) is 0. The summed E-state index contributed by atoms with van der Waals surface area (Å²) in [6.07, 6.45) is 57.9. The van der Waals surface area contributed by atoms with Crippen molar-refractivity contribution in [2.24, 2.45) is 0 Å². The molecule has 0 aliphatic rings. The minimum Gasteiger partial charge on any atom is -0.480 e. The van der Waals surface area contributed by atoms with Gasteiger partial charge < -0.3 is 15.2 Å². The van der Waals surface area contributed by atoms with Crippen molar-refractivity contribution < 1.29 is 24.2 Å². The molecule has 0 saturated heterocycles. The lowest BCUT2D eigenvalue weighted by molar-refractivity contribution is -0.147. The third-order valence-electron chi connectivity index (χ3n) is 7.92. The van der Waals surface area contributed by atoms with E-state index in [1.807, 2.05) is 6.08 Å². The summed E-state index contributed by atoms with van der Waals surface area (Å²) in [6.45, 7) is 3.93. The fraction of sp³-hybridized carbons (Fsp3) is 0.543. The number of hydrogen-bond acceptors (Lipinski definition) is 4. The van der Waals surface area contributed by atoms with Gasteiger partial charge in [0.25, 0.3) is 0 Å². The van der Waals surface area contributed by atoms with E-state index in [9.17, 15) is 14.4 Å². The van der Waals surface area contributed by atoms with E-state index < -0.39 is 5.97 Å². The predicted octanol–water partition coefficient (Wildman–Crippen LogP) is 12.3. The van der Waals surface area contributed by atoms with Gasteiger partial charge in [0.2, 0.25) is 5.91 Å². The van der Waals surface area contributed by atoms with Crippen LogP contribution in [0.4, 0.5) is 0 Å². The van der Waals surface area contributed by atoms with E-state index in [1.54, 1.807) is 0 Å². The number of aliphatic carboxylic acids is 1. The smallest absolute Gasteiger partial charge is 0.322 e. The van der Waals surface area contributed by atoms with Crippen LogP contribution in [0, 0.1) is 0 Å². The summed E-state index contributed by atoms with van der Waals surface area (Å²) in [5.41, 5.74) is 0. The van der Waals surface area contributed by atoms with Crippen LogP contribution in [0.1, 0.15) is 149 Å². The normalized spacial score (nSPS) is 13.3. The summed E-state index contributed by atoms with van der Waals surface area (Å²) >= 11 is 0. The van der Waals surface area contributed by atoms with Gasteiger partial charge in [0, 0.05) is 12.8 Å². The maximum absolute atomic E-state index is 12.7. The highest BCUT2D eigenvalue weighted by Gasteiger charge is 2.12. The van der Waals surface area contributed by atoms with E-state index in [4.69, 9.17) is 9.84 Å². The van der Waals surface area contributed by atoms with Crippen LogP contribution in [0.15, 0.2) is 109 Å². The molecule has 0 aliphatic carbocycles. The van der Waals surface area contributed by atoms with Crippen molar-refractivity contribution in [2.45, 2.75) is 155 Å². The zero-order valence-corrected chi connectivity index (χ0v) is 32.6. The summed E-state index contributed by atoms with van der Waals surface area (Å²) in [4.78, 5) is 35.0. The van der Waals surface area contributed by atoms with Crippen LogP contribution in [0.5, 0.6) is 0 Å². The number of nitrogens with one attached hydrogen (secondary N) is 1. The van der Waals surface area contributed by atoms with Crippen LogP contribution >= 0.6 is 0 Å². The van der Waals surface area contributed by atoms with Crippen LogP contribution in [0.2, 0.25) is 0 Å². The van der Waals surface area contributed by atoms with Crippen LogP contribution in [0.3, 0.4) is 0 Å². The Balaban J connectivity index is 4.28. The van der Waals surface area contributed by atoms with Gasteiger partial charge in [-0.1, -0.05) is 143 Å². The number of carboxylic acids is 1. The first-order valence-corrected chi connectivity index (χ1v) is 20.0.